The van der Waals surface area contributed by atoms with Crippen LogP contribution in [0.5, 0.6) is 0 Å². The Kier molecular flexibility index (Phi) is 5.83. The van der Waals surface area contributed by atoms with Crippen molar-refractivity contribution < 1.29 is 18.1 Å². The monoisotopic (exact) mass is 236 g/mol. The summed E-state index contributed by atoms with van der Waals surface area (Å²) in [6, 6.07) is 0. The first-order valence-electron chi connectivity index (χ1n) is 5.70. The Labute approximate surface area is 91.9 Å². The second kappa shape index (κ2) is 6.64. The molecule has 0 bridgehead atoms. The molecule has 1 rings (SSSR count). The van der Waals surface area contributed by atoms with Gasteiger partial charge in [-0.3, -0.25) is 13.6 Å². The van der Waals surface area contributed by atoms with Gasteiger partial charge in [-0.15, -0.1) is 0 Å². The van der Waals surface area contributed by atoms with E-state index in [1.807, 2.05) is 13.8 Å². The molecule has 0 amide bonds. The smallest absolute Gasteiger partial charge is 0.287 e. The maximum atomic E-state index is 12.0. The average molecular weight is 236 g/mol. The van der Waals surface area contributed by atoms with E-state index >= 15 is 0 Å². The van der Waals surface area contributed by atoms with E-state index in [9.17, 15) is 4.57 Å². The van der Waals surface area contributed by atoms with Crippen LogP contribution in [0.3, 0.4) is 0 Å². The fourth-order valence-electron chi connectivity index (χ4n) is 1.44. The van der Waals surface area contributed by atoms with Crippen LogP contribution in [0.15, 0.2) is 0 Å². The van der Waals surface area contributed by atoms with Gasteiger partial charge in [-0.1, -0.05) is 19.3 Å². The zero-order valence-corrected chi connectivity index (χ0v) is 10.5. The van der Waals surface area contributed by atoms with Crippen molar-refractivity contribution in [3.63, 3.8) is 0 Å². The summed E-state index contributed by atoms with van der Waals surface area (Å²) >= 11 is 0. The lowest BCUT2D eigenvalue weighted by atomic mass is 10.1. The second-order valence-corrected chi connectivity index (χ2v) is 5.66. The number of hydrogen-bond acceptors (Lipinski definition) is 4. The van der Waals surface area contributed by atoms with Gasteiger partial charge in [0.1, 0.15) is 0 Å². The summed E-state index contributed by atoms with van der Waals surface area (Å²) in [6.07, 6.45) is 5.16. The maximum absolute atomic E-state index is 12.0. The first-order chi connectivity index (χ1) is 7.12. The highest BCUT2D eigenvalue weighted by molar-refractivity contribution is 7.48. The van der Waals surface area contributed by atoms with Crippen molar-refractivity contribution in [2.24, 2.45) is 0 Å². The van der Waals surface area contributed by atoms with Crippen LogP contribution in [0.25, 0.3) is 0 Å². The highest BCUT2D eigenvalue weighted by Gasteiger charge is 2.28. The van der Waals surface area contributed by atoms with Crippen LogP contribution in [0.2, 0.25) is 0 Å². The maximum Gasteiger partial charge on any atom is 0.475 e. The molecule has 0 aromatic heterocycles. The Hall–Kier alpha value is 0.110. The first kappa shape index (κ1) is 13.2. The molecule has 4 nitrogen and oxygen atoms in total. The summed E-state index contributed by atoms with van der Waals surface area (Å²) in [7, 11) is -3.29. The van der Waals surface area contributed by atoms with E-state index < -0.39 is 7.82 Å². The van der Waals surface area contributed by atoms with Gasteiger partial charge in [0.2, 0.25) is 0 Å². The van der Waals surface area contributed by atoms with Crippen molar-refractivity contribution in [1.82, 2.24) is 0 Å². The van der Waals surface area contributed by atoms with Crippen molar-refractivity contribution in [2.45, 2.75) is 52.1 Å². The molecule has 5 heteroatoms. The van der Waals surface area contributed by atoms with Crippen LogP contribution in [-0.2, 0) is 18.1 Å². The molecule has 1 heterocycles. The van der Waals surface area contributed by atoms with E-state index in [-0.39, 0.29) is 6.10 Å². The van der Waals surface area contributed by atoms with E-state index in [4.69, 9.17) is 13.6 Å². The van der Waals surface area contributed by atoms with Crippen LogP contribution < -0.4 is 0 Å². The highest BCUT2D eigenvalue weighted by Crippen LogP contribution is 2.51. The molecule has 0 aliphatic carbocycles. The molecule has 0 aromatic carbocycles. The Morgan fingerprint density at radius 2 is 1.47 bits per heavy atom. The van der Waals surface area contributed by atoms with E-state index in [2.05, 4.69) is 0 Å². The number of phosphoric ester groups is 1. The van der Waals surface area contributed by atoms with E-state index in [1.165, 1.54) is 6.42 Å². The Bertz CT molecular complexity index is 203. The van der Waals surface area contributed by atoms with Crippen LogP contribution in [0, 0.1) is 0 Å². The van der Waals surface area contributed by atoms with Gasteiger partial charge in [-0.2, -0.15) is 0 Å². The predicted octanol–water partition coefficient (Wildman–Crippen LogP) is 3.52. The zero-order chi connectivity index (χ0) is 11.1. The highest BCUT2D eigenvalue weighted by atomic mass is 31.2. The lowest BCUT2D eigenvalue weighted by molar-refractivity contribution is 0.0858. The Morgan fingerprint density at radius 3 is 1.93 bits per heavy atom. The Morgan fingerprint density at radius 1 is 1.00 bits per heavy atom. The number of hydrogen-bond donors (Lipinski definition) is 0. The number of phosphoric acid groups is 1. The van der Waals surface area contributed by atoms with Gasteiger partial charge in [0.25, 0.3) is 0 Å². The lowest BCUT2D eigenvalue weighted by Crippen LogP contribution is -2.08. The third-order valence-electron chi connectivity index (χ3n) is 2.13. The molecule has 0 unspecified atom stereocenters. The van der Waals surface area contributed by atoms with Crippen LogP contribution in [-0.4, -0.2) is 19.3 Å². The third kappa shape index (κ3) is 5.67. The van der Waals surface area contributed by atoms with Crippen LogP contribution in [0.1, 0.15) is 46.0 Å². The second-order valence-electron chi connectivity index (χ2n) is 4.04. The summed E-state index contributed by atoms with van der Waals surface area (Å²) in [5.41, 5.74) is 0. The topological polar surface area (TPSA) is 44.8 Å². The minimum absolute atomic E-state index is 0.140. The van der Waals surface area contributed by atoms with Crippen molar-refractivity contribution in [1.29, 1.82) is 0 Å². The number of rotatable bonds is 2. The molecule has 0 aromatic rings. The molecular weight excluding hydrogens is 215 g/mol. The normalized spacial score (nSPS) is 23.9. The van der Waals surface area contributed by atoms with Gasteiger partial charge >= 0.3 is 7.82 Å². The van der Waals surface area contributed by atoms with Gasteiger partial charge in [0, 0.05) is 0 Å². The van der Waals surface area contributed by atoms with Crippen molar-refractivity contribution >= 4 is 7.82 Å². The van der Waals surface area contributed by atoms with Crippen molar-refractivity contribution in [3.8, 4) is 0 Å². The van der Waals surface area contributed by atoms with Crippen molar-refractivity contribution in [2.75, 3.05) is 13.2 Å². The molecule has 1 aliphatic heterocycles. The first-order valence-corrected chi connectivity index (χ1v) is 7.16. The largest absolute Gasteiger partial charge is 0.475 e. The molecule has 0 radical (unpaired) electrons. The SMILES string of the molecule is CC(C)OP1(=O)OCCCCCCCO1. The van der Waals surface area contributed by atoms with Gasteiger partial charge in [0.15, 0.2) is 0 Å². The van der Waals surface area contributed by atoms with Crippen molar-refractivity contribution in [3.05, 3.63) is 0 Å². The van der Waals surface area contributed by atoms with Gasteiger partial charge in [-0.05, 0) is 26.7 Å². The minimum Gasteiger partial charge on any atom is -0.287 e. The predicted molar refractivity (Wildman–Crippen MR) is 58.8 cm³/mol. The molecule has 0 N–H and O–H groups in total. The molecule has 15 heavy (non-hydrogen) atoms. The van der Waals surface area contributed by atoms with Crippen LogP contribution in [0.4, 0.5) is 0 Å². The van der Waals surface area contributed by atoms with Gasteiger partial charge < -0.3 is 0 Å². The lowest BCUT2D eigenvalue weighted by Gasteiger charge is -2.20. The molecule has 1 aliphatic rings. The van der Waals surface area contributed by atoms with E-state index in [0.717, 1.165) is 25.7 Å². The minimum atomic E-state index is -3.29. The quantitative estimate of drug-likeness (QED) is 0.688. The average Bonchev–Trinajstić information content (AvgIpc) is 2.14. The van der Waals surface area contributed by atoms with Gasteiger partial charge in [0.05, 0.1) is 19.3 Å². The molecular formula is C10H21O4P. The Balaban J connectivity index is 2.46. The molecule has 1 saturated heterocycles. The molecule has 1 fully saturated rings. The van der Waals surface area contributed by atoms with E-state index in [0.29, 0.717) is 13.2 Å². The summed E-state index contributed by atoms with van der Waals surface area (Å²) in [6.45, 7) is 4.57. The fourth-order valence-corrected chi connectivity index (χ4v) is 2.86. The van der Waals surface area contributed by atoms with Gasteiger partial charge in [-0.25, -0.2) is 4.57 Å². The molecule has 0 atom stereocenters. The molecule has 0 saturated carbocycles. The summed E-state index contributed by atoms with van der Waals surface area (Å²) in [5.74, 6) is 0. The molecule has 0 spiro atoms. The zero-order valence-electron chi connectivity index (χ0n) is 9.61. The third-order valence-corrected chi connectivity index (χ3v) is 3.80. The summed E-state index contributed by atoms with van der Waals surface area (Å²) < 4.78 is 27.7. The molecule has 90 valence electrons. The van der Waals surface area contributed by atoms with E-state index in [1.54, 1.807) is 0 Å². The van der Waals surface area contributed by atoms with Crippen LogP contribution >= 0.6 is 7.82 Å². The standard InChI is InChI=1S/C10H21O4P/c1-10(2)14-15(11)12-8-6-4-3-5-7-9-13-15/h10H,3-9H2,1-2H3. The fraction of sp³-hybridized carbons (Fsp3) is 1.00. The summed E-state index contributed by atoms with van der Waals surface area (Å²) in [5, 5.41) is 0. The summed E-state index contributed by atoms with van der Waals surface area (Å²) in [4.78, 5) is 0.